The Balaban J connectivity index is 0.000000634. The Morgan fingerprint density at radius 2 is 0.632 bits per heavy atom. The number of aliphatic hydroxyl groups excluding tert-OH is 1. The van der Waals surface area contributed by atoms with E-state index in [9.17, 15) is 5.11 Å². The molecule has 684 valence electrons. The number of hydrogen-bond acceptors (Lipinski definition) is 11. The van der Waals surface area contributed by atoms with Gasteiger partial charge in [-0.25, -0.2) is 0 Å². The highest BCUT2D eigenvalue weighted by atomic mass is 16.3. The van der Waals surface area contributed by atoms with Crippen molar-refractivity contribution in [1.29, 1.82) is 0 Å². The Morgan fingerprint density at radius 1 is 0.298 bits per heavy atom. The third-order valence-electron chi connectivity index (χ3n) is 30.0. The SMILES string of the molecule is CC(C)(C)C1CCC(N)CC1.CC(C)(C)C1CCC1N.CC(C)(C)C1CCCC(N)C1.CC(C)(C)C1CCCCC1.CC(C)(C)N1CCC(N)CC1.CC(C)(C)N1CCC(O)CC1.CC(C)N1CCC(C(C)(C)C)CC1.CN(C)C1CCC(C(C)(C)C)C1.CN(C)C1CCC(C(C)(C)C)CC1.CN(C)CC1CCC(C(C)(C)C)C1. The van der Waals surface area contributed by atoms with Crippen LogP contribution >= 0.6 is 0 Å². The van der Waals surface area contributed by atoms with Gasteiger partial charge in [-0.2, -0.15) is 0 Å². The van der Waals surface area contributed by atoms with Gasteiger partial charge < -0.3 is 47.6 Å². The minimum atomic E-state index is -0.0476. The number of likely N-dealkylation sites (tertiary alicyclic amines) is 3. The molecule has 0 amide bonds. The fourth-order valence-corrected chi connectivity index (χ4v) is 20.2. The Hall–Kier alpha value is -0.440. The zero-order chi connectivity index (χ0) is 88.1. The van der Waals surface area contributed by atoms with Crippen molar-refractivity contribution >= 4 is 0 Å². The first kappa shape index (κ1) is 112. The van der Waals surface area contributed by atoms with Crippen LogP contribution in [0.15, 0.2) is 0 Å². The van der Waals surface area contributed by atoms with E-state index in [4.69, 9.17) is 22.9 Å². The molecule has 0 aromatic carbocycles. The van der Waals surface area contributed by atoms with E-state index in [1.165, 1.54) is 206 Å². The molecule has 0 bridgehead atoms. The van der Waals surface area contributed by atoms with E-state index in [0.717, 1.165) is 110 Å². The maximum absolute atomic E-state index is 9.27. The summed E-state index contributed by atoms with van der Waals surface area (Å²) >= 11 is 0. The highest BCUT2D eigenvalue weighted by Gasteiger charge is 2.39. The van der Waals surface area contributed by atoms with Crippen molar-refractivity contribution in [2.24, 2.45) is 120 Å². The monoisotopic (exact) mass is 1610 g/mol. The summed E-state index contributed by atoms with van der Waals surface area (Å²) < 4.78 is 0. The van der Waals surface area contributed by atoms with Crippen molar-refractivity contribution in [3.05, 3.63) is 0 Å². The van der Waals surface area contributed by atoms with Crippen LogP contribution in [0, 0.1) is 96.6 Å². The summed E-state index contributed by atoms with van der Waals surface area (Å²) in [7, 11) is 13.2. The number of rotatable bonds is 5. The van der Waals surface area contributed by atoms with Crippen LogP contribution in [0.4, 0.5) is 0 Å². The summed E-state index contributed by atoms with van der Waals surface area (Å²) in [5.41, 5.74) is 28.1. The van der Waals surface area contributed by atoms with Gasteiger partial charge in [-0.15, -0.1) is 0 Å². The molecule has 9 N–H and O–H groups in total. The highest BCUT2D eigenvalue weighted by Crippen LogP contribution is 2.46. The van der Waals surface area contributed by atoms with E-state index in [0.29, 0.717) is 73.0 Å². The van der Waals surface area contributed by atoms with Crippen molar-refractivity contribution in [1.82, 2.24) is 29.4 Å². The van der Waals surface area contributed by atoms with Crippen molar-refractivity contribution in [3.8, 4) is 0 Å². The second-order valence-corrected chi connectivity index (χ2v) is 50.9. The van der Waals surface area contributed by atoms with Gasteiger partial charge in [-0.3, -0.25) is 9.80 Å². The van der Waals surface area contributed by atoms with Gasteiger partial charge in [-0.1, -0.05) is 192 Å². The fourth-order valence-electron chi connectivity index (χ4n) is 20.2. The average Bonchev–Trinajstić information content (AvgIpc) is 1.31. The van der Waals surface area contributed by atoms with Crippen molar-refractivity contribution in [2.75, 3.05) is 88.1 Å². The second kappa shape index (κ2) is 50.5. The molecule has 10 fully saturated rings. The molecule has 10 aliphatic rings. The lowest BCUT2D eigenvalue weighted by Crippen LogP contribution is -2.48. The lowest BCUT2D eigenvalue weighted by molar-refractivity contribution is 0.0378. The van der Waals surface area contributed by atoms with E-state index in [1.807, 2.05) is 0 Å². The molecule has 3 saturated heterocycles. The highest BCUT2D eigenvalue weighted by molar-refractivity contribution is 4.93. The predicted molar refractivity (Wildman–Crippen MR) is 511 cm³/mol. The van der Waals surface area contributed by atoms with Crippen molar-refractivity contribution in [2.45, 2.75) is 480 Å². The van der Waals surface area contributed by atoms with Gasteiger partial charge in [-0.05, 0) is 381 Å². The number of piperidine rings is 3. The Kier molecular flexibility index (Phi) is 49.4. The van der Waals surface area contributed by atoms with Crippen LogP contribution in [0.1, 0.15) is 421 Å². The van der Waals surface area contributed by atoms with Gasteiger partial charge in [0.25, 0.3) is 0 Å². The van der Waals surface area contributed by atoms with Crippen LogP contribution in [0.3, 0.4) is 0 Å². The molecule has 0 aromatic heterocycles. The van der Waals surface area contributed by atoms with Crippen LogP contribution in [-0.4, -0.2) is 182 Å². The quantitative estimate of drug-likeness (QED) is 0.179. The summed E-state index contributed by atoms with van der Waals surface area (Å²) in [4.78, 5) is 14.6. The molecule has 11 nitrogen and oxygen atoms in total. The summed E-state index contributed by atoms with van der Waals surface area (Å²) in [5, 5.41) is 9.27. The van der Waals surface area contributed by atoms with Gasteiger partial charge in [0.1, 0.15) is 0 Å². The van der Waals surface area contributed by atoms with E-state index in [2.05, 4.69) is 293 Å². The van der Waals surface area contributed by atoms with Crippen molar-refractivity contribution < 1.29 is 5.11 Å². The molecular weight excluding hydrogens is 1390 g/mol. The van der Waals surface area contributed by atoms with Crippen LogP contribution in [0.5, 0.6) is 0 Å². The number of nitrogens with two attached hydrogens (primary N) is 4. The largest absolute Gasteiger partial charge is 0.393 e. The smallest absolute Gasteiger partial charge is 0.0564 e. The third-order valence-corrected chi connectivity index (χ3v) is 30.0. The number of hydrogen-bond donors (Lipinski definition) is 5. The summed E-state index contributed by atoms with van der Waals surface area (Å²) in [5.74, 6) is 8.26. The normalized spacial score (nSPS) is 28.9. The third kappa shape index (κ3) is 46.9. The molecule has 8 atom stereocenters. The fraction of sp³-hybridized carbons (Fsp3) is 1.00. The lowest BCUT2D eigenvalue weighted by Gasteiger charge is -2.43. The molecule has 7 saturated carbocycles. The van der Waals surface area contributed by atoms with E-state index >= 15 is 0 Å². The van der Waals surface area contributed by atoms with Crippen LogP contribution < -0.4 is 22.9 Å². The predicted octanol–water partition coefficient (Wildman–Crippen LogP) is 25.0. The van der Waals surface area contributed by atoms with Crippen molar-refractivity contribution in [3.63, 3.8) is 0 Å². The second-order valence-electron chi connectivity index (χ2n) is 50.9. The Labute approximate surface area is 718 Å². The maximum atomic E-state index is 9.27. The van der Waals surface area contributed by atoms with Gasteiger partial charge in [0.05, 0.1) is 6.10 Å². The van der Waals surface area contributed by atoms with E-state index < -0.39 is 0 Å². The molecule has 0 radical (unpaired) electrons. The summed E-state index contributed by atoms with van der Waals surface area (Å²) in [6.45, 7) is 82.9. The van der Waals surface area contributed by atoms with Crippen LogP contribution in [0.25, 0.3) is 0 Å². The molecule has 3 aliphatic heterocycles. The van der Waals surface area contributed by atoms with E-state index in [-0.39, 0.29) is 11.6 Å². The van der Waals surface area contributed by atoms with Gasteiger partial charge in [0.15, 0.2) is 0 Å². The minimum absolute atomic E-state index is 0.0476. The lowest BCUT2D eigenvalue weighted by atomic mass is 9.65. The molecule has 0 aromatic rings. The van der Waals surface area contributed by atoms with Gasteiger partial charge in [0.2, 0.25) is 0 Å². The molecule has 0 spiro atoms. The summed E-state index contributed by atoms with van der Waals surface area (Å²) in [6, 6.07) is 4.34. The molecule has 3 heterocycles. The van der Waals surface area contributed by atoms with Crippen LogP contribution in [0.2, 0.25) is 0 Å². The molecular formula is C103H216N10O. The first-order chi connectivity index (χ1) is 51.7. The zero-order valence-electron chi connectivity index (χ0n) is 85.1. The molecule has 7 aliphatic carbocycles. The first-order valence-electron chi connectivity index (χ1n) is 48.7. The molecule has 11 heteroatoms. The average molecular weight is 1610 g/mol. The van der Waals surface area contributed by atoms with Gasteiger partial charge in [0, 0.05) is 86.1 Å². The Bertz CT molecular complexity index is 2240. The molecule has 8 unspecified atom stereocenters. The zero-order valence-corrected chi connectivity index (χ0v) is 85.1. The maximum Gasteiger partial charge on any atom is 0.0564 e. The molecule has 114 heavy (non-hydrogen) atoms. The van der Waals surface area contributed by atoms with Crippen LogP contribution in [-0.2, 0) is 0 Å². The topological polar surface area (TPSA) is 144 Å². The summed E-state index contributed by atoms with van der Waals surface area (Å²) in [6.07, 6.45) is 41.5. The van der Waals surface area contributed by atoms with E-state index in [1.54, 1.807) is 0 Å². The number of aliphatic hydroxyl groups is 1. The molecule has 10 rings (SSSR count). The van der Waals surface area contributed by atoms with Gasteiger partial charge >= 0.3 is 0 Å². The standard InChI is InChI=1S/3C12H25N.C11H23N.2C10H21N.C10H20.C9H20N2.C9H19NO.C8H17N/c1-12(2,3)10-6-8-11(9-7-10)13(4)5;1-10(2)13-8-6-11(7-9-13)12(3,4)5;1-12(2,3)11-7-6-10(8-11)9-13(4)5;1-11(2,3)9-6-7-10(8-9)12(4)5;1-10(2,3)8-4-6-9(11)7-5-8;1-10(2,3)8-5-4-6-9(11)7-8;1-10(2,3)9-7-5-4-6-8-9;1-9(2,3)11-6-4-8(10)5-7-11;1-9(2,3)10-6-4-8(11)5-7-10;1-8(2,3)6-4-5-7(6)9/h3*10-11H,6-9H2,1-5H3;9-10H,6-8H2,1-5H3;2*8-9H,4-7,11H2,1-3H3;9H,4-8H2,1-3H3;8H,4-7,10H2,1-3H3;8,11H,4-7H2,1-3H3;6-7H,4-5,9H2,1-3H3. The first-order valence-corrected chi connectivity index (χ1v) is 48.7. The number of nitrogens with zero attached hydrogens (tertiary/aromatic N) is 6. The Morgan fingerprint density at radius 3 is 0.921 bits per heavy atom. The minimum Gasteiger partial charge on any atom is -0.393 e.